The zero-order valence-corrected chi connectivity index (χ0v) is 14.4. The SMILES string of the molecule is CC(C)CC(C)NCc1ccc(N2CCC(CO)CC2)cc1. The molecule has 2 N–H and O–H groups in total. The van der Waals surface area contributed by atoms with E-state index in [0.29, 0.717) is 18.6 Å². The molecule has 1 aliphatic rings. The lowest BCUT2D eigenvalue weighted by Gasteiger charge is -2.33. The number of aliphatic hydroxyl groups is 1. The van der Waals surface area contributed by atoms with Gasteiger partial charge in [-0.1, -0.05) is 26.0 Å². The highest BCUT2D eigenvalue weighted by Crippen LogP contribution is 2.23. The number of hydrogen-bond donors (Lipinski definition) is 2. The summed E-state index contributed by atoms with van der Waals surface area (Å²) in [5, 5.41) is 12.8. The highest BCUT2D eigenvalue weighted by Gasteiger charge is 2.18. The van der Waals surface area contributed by atoms with E-state index in [-0.39, 0.29) is 0 Å². The maximum absolute atomic E-state index is 9.22. The highest BCUT2D eigenvalue weighted by molar-refractivity contribution is 5.48. The minimum atomic E-state index is 0.340. The van der Waals surface area contributed by atoms with Crippen LogP contribution in [0, 0.1) is 11.8 Å². The van der Waals surface area contributed by atoms with Gasteiger partial charge in [-0.2, -0.15) is 0 Å². The third kappa shape index (κ3) is 5.29. The Bertz CT molecular complexity index is 422. The molecule has 1 aromatic carbocycles. The van der Waals surface area contributed by atoms with Gasteiger partial charge in [0, 0.05) is 38.0 Å². The molecule has 0 amide bonds. The topological polar surface area (TPSA) is 35.5 Å². The molecular formula is C19H32N2O. The van der Waals surface area contributed by atoms with Crippen molar-refractivity contribution in [1.29, 1.82) is 0 Å². The molecule has 1 heterocycles. The molecule has 124 valence electrons. The van der Waals surface area contributed by atoms with Crippen molar-refractivity contribution in [2.75, 3.05) is 24.6 Å². The van der Waals surface area contributed by atoms with Crippen LogP contribution in [0.15, 0.2) is 24.3 Å². The van der Waals surface area contributed by atoms with E-state index in [2.05, 4.69) is 55.3 Å². The third-order valence-corrected chi connectivity index (χ3v) is 4.65. The van der Waals surface area contributed by atoms with Crippen molar-refractivity contribution in [3.8, 4) is 0 Å². The van der Waals surface area contributed by atoms with E-state index in [9.17, 15) is 5.11 Å². The quantitative estimate of drug-likeness (QED) is 0.810. The van der Waals surface area contributed by atoms with Crippen LogP contribution in [0.1, 0.15) is 45.6 Å². The largest absolute Gasteiger partial charge is 0.396 e. The fraction of sp³-hybridized carbons (Fsp3) is 0.684. The van der Waals surface area contributed by atoms with Gasteiger partial charge in [-0.05, 0) is 55.7 Å². The first-order valence-electron chi connectivity index (χ1n) is 8.76. The Morgan fingerprint density at radius 2 is 1.77 bits per heavy atom. The lowest BCUT2D eigenvalue weighted by Crippen LogP contribution is -2.34. The smallest absolute Gasteiger partial charge is 0.0460 e. The third-order valence-electron chi connectivity index (χ3n) is 4.65. The molecule has 0 saturated carbocycles. The predicted molar refractivity (Wildman–Crippen MR) is 94.2 cm³/mol. The summed E-state index contributed by atoms with van der Waals surface area (Å²) in [4.78, 5) is 2.44. The van der Waals surface area contributed by atoms with Crippen molar-refractivity contribution < 1.29 is 5.11 Å². The molecular weight excluding hydrogens is 272 g/mol. The molecule has 1 saturated heterocycles. The fourth-order valence-electron chi connectivity index (χ4n) is 3.28. The van der Waals surface area contributed by atoms with Crippen LogP contribution in [-0.2, 0) is 6.54 Å². The first-order valence-corrected chi connectivity index (χ1v) is 8.76. The standard InChI is InChI=1S/C19H32N2O/c1-15(2)12-16(3)20-13-17-4-6-19(7-5-17)21-10-8-18(14-22)9-11-21/h4-7,15-16,18,20,22H,8-14H2,1-3H3. The first-order chi connectivity index (χ1) is 10.6. The number of anilines is 1. The summed E-state index contributed by atoms with van der Waals surface area (Å²) >= 11 is 0. The Labute approximate surface area is 135 Å². The van der Waals surface area contributed by atoms with E-state index >= 15 is 0 Å². The number of aliphatic hydroxyl groups excluding tert-OH is 1. The van der Waals surface area contributed by atoms with Crippen LogP contribution in [0.2, 0.25) is 0 Å². The number of nitrogens with one attached hydrogen (secondary N) is 1. The Hall–Kier alpha value is -1.06. The molecule has 1 aromatic rings. The average Bonchev–Trinajstić information content (AvgIpc) is 2.53. The van der Waals surface area contributed by atoms with Crippen LogP contribution in [0.3, 0.4) is 0 Å². The van der Waals surface area contributed by atoms with Crippen LogP contribution in [0.5, 0.6) is 0 Å². The summed E-state index contributed by atoms with van der Waals surface area (Å²) in [5.41, 5.74) is 2.67. The molecule has 0 radical (unpaired) electrons. The minimum absolute atomic E-state index is 0.340. The van der Waals surface area contributed by atoms with E-state index < -0.39 is 0 Å². The molecule has 0 bridgehead atoms. The van der Waals surface area contributed by atoms with Crippen LogP contribution < -0.4 is 10.2 Å². The van der Waals surface area contributed by atoms with Crippen molar-refractivity contribution >= 4 is 5.69 Å². The van der Waals surface area contributed by atoms with Crippen LogP contribution in [0.25, 0.3) is 0 Å². The number of benzene rings is 1. The summed E-state index contributed by atoms with van der Waals surface area (Å²) in [6, 6.07) is 9.52. The number of rotatable bonds is 7. The number of piperidine rings is 1. The molecule has 1 aliphatic heterocycles. The van der Waals surface area contributed by atoms with Crippen molar-refractivity contribution in [1.82, 2.24) is 5.32 Å². The lowest BCUT2D eigenvalue weighted by molar-refractivity contribution is 0.203. The van der Waals surface area contributed by atoms with E-state index in [1.807, 2.05) is 0 Å². The summed E-state index contributed by atoms with van der Waals surface area (Å²) in [6.45, 7) is 10.2. The van der Waals surface area contributed by atoms with Crippen molar-refractivity contribution in [3.63, 3.8) is 0 Å². The van der Waals surface area contributed by atoms with Gasteiger partial charge in [-0.25, -0.2) is 0 Å². The predicted octanol–water partition coefficient (Wildman–Crippen LogP) is 3.42. The molecule has 22 heavy (non-hydrogen) atoms. The van der Waals surface area contributed by atoms with E-state index in [4.69, 9.17) is 0 Å². The van der Waals surface area contributed by atoms with E-state index in [1.165, 1.54) is 17.7 Å². The van der Waals surface area contributed by atoms with Gasteiger partial charge in [0.1, 0.15) is 0 Å². The van der Waals surface area contributed by atoms with Gasteiger partial charge in [-0.3, -0.25) is 0 Å². The van der Waals surface area contributed by atoms with Gasteiger partial charge in [0.05, 0.1) is 0 Å². The molecule has 1 fully saturated rings. The first kappa shape index (κ1) is 17.3. The van der Waals surface area contributed by atoms with Crippen LogP contribution >= 0.6 is 0 Å². The normalized spacial score (nSPS) is 18.0. The maximum atomic E-state index is 9.22. The fourth-order valence-corrected chi connectivity index (χ4v) is 3.28. The Morgan fingerprint density at radius 1 is 1.14 bits per heavy atom. The van der Waals surface area contributed by atoms with Gasteiger partial charge in [0.2, 0.25) is 0 Å². The van der Waals surface area contributed by atoms with Crippen LogP contribution in [0.4, 0.5) is 5.69 Å². The maximum Gasteiger partial charge on any atom is 0.0460 e. The number of hydrogen-bond acceptors (Lipinski definition) is 3. The molecule has 0 spiro atoms. The Balaban J connectivity index is 1.80. The van der Waals surface area contributed by atoms with Gasteiger partial charge >= 0.3 is 0 Å². The van der Waals surface area contributed by atoms with Gasteiger partial charge in [0.15, 0.2) is 0 Å². The Kier molecular flexibility index (Phi) is 6.71. The molecule has 3 nitrogen and oxygen atoms in total. The molecule has 0 aromatic heterocycles. The molecule has 1 atom stereocenters. The van der Waals surface area contributed by atoms with Gasteiger partial charge in [-0.15, -0.1) is 0 Å². The van der Waals surface area contributed by atoms with Gasteiger partial charge < -0.3 is 15.3 Å². The van der Waals surface area contributed by atoms with Crippen molar-refractivity contribution in [3.05, 3.63) is 29.8 Å². The van der Waals surface area contributed by atoms with E-state index in [0.717, 1.165) is 38.4 Å². The second-order valence-corrected chi connectivity index (χ2v) is 7.19. The lowest BCUT2D eigenvalue weighted by atomic mass is 9.97. The summed E-state index contributed by atoms with van der Waals surface area (Å²) < 4.78 is 0. The molecule has 0 aliphatic carbocycles. The van der Waals surface area contributed by atoms with Crippen molar-refractivity contribution in [2.24, 2.45) is 11.8 Å². The zero-order chi connectivity index (χ0) is 15.9. The second kappa shape index (κ2) is 8.54. The van der Waals surface area contributed by atoms with Crippen molar-refractivity contribution in [2.45, 2.75) is 52.6 Å². The second-order valence-electron chi connectivity index (χ2n) is 7.19. The molecule has 2 rings (SSSR count). The highest BCUT2D eigenvalue weighted by atomic mass is 16.3. The zero-order valence-electron chi connectivity index (χ0n) is 14.4. The Morgan fingerprint density at radius 3 is 2.32 bits per heavy atom. The summed E-state index contributed by atoms with van der Waals surface area (Å²) in [7, 11) is 0. The van der Waals surface area contributed by atoms with Crippen LogP contribution in [-0.4, -0.2) is 30.8 Å². The summed E-state index contributed by atoms with van der Waals surface area (Å²) in [5.74, 6) is 1.24. The average molecular weight is 304 g/mol. The minimum Gasteiger partial charge on any atom is -0.396 e. The molecule has 1 unspecified atom stereocenters. The number of nitrogens with zero attached hydrogens (tertiary/aromatic N) is 1. The molecule has 3 heteroatoms. The van der Waals surface area contributed by atoms with E-state index in [1.54, 1.807) is 0 Å². The van der Waals surface area contributed by atoms with Gasteiger partial charge in [0.25, 0.3) is 0 Å². The summed E-state index contributed by atoms with van der Waals surface area (Å²) in [6.07, 6.45) is 3.43. The monoisotopic (exact) mass is 304 g/mol.